The maximum Gasteiger partial charge on any atom is 0.434 e. The number of anilines is 1. The van der Waals surface area contributed by atoms with E-state index in [2.05, 4.69) is 15.3 Å². The predicted octanol–water partition coefficient (Wildman–Crippen LogP) is 4.96. The third-order valence-corrected chi connectivity index (χ3v) is 8.28. The Balaban J connectivity index is 1.48. The zero-order valence-electron chi connectivity index (χ0n) is 26.0. The molecule has 2 N–H and O–H groups in total. The molecule has 1 amide bonds. The van der Waals surface area contributed by atoms with Gasteiger partial charge in [-0.3, -0.25) is 19.1 Å². The molecule has 1 aliphatic rings. The number of aryl methyl sites for hydroxylation is 2. The van der Waals surface area contributed by atoms with Crippen molar-refractivity contribution in [3.63, 3.8) is 0 Å². The third-order valence-electron chi connectivity index (χ3n) is 8.28. The van der Waals surface area contributed by atoms with E-state index in [-0.39, 0.29) is 52.3 Å². The molecule has 0 spiro atoms. The van der Waals surface area contributed by atoms with E-state index in [1.165, 1.54) is 57.4 Å². The van der Waals surface area contributed by atoms with Crippen molar-refractivity contribution < 1.29 is 50.2 Å². The van der Waals surface area contributed by atoms with Gasteiger partial charge in [-0.25, -0.2) is 14.2 Å². The van der Waals surface area contributed by atoms with Gasteiger partial charge in [0, 0.05) is 42.8 Å². The lowest BCUT2D eigenvalue weighted by atomic mass is 9.94. The number of halogens is 7. The van der Waals surface area contributed by atoms with Crippen LogP contribution in [0.5, 0.6) is 0 Å². The number of hydrogen-bond donors (Lipinski definition) is 2. The normalized spacial score (nSPS) is 16.1. The summed E-state index contributed by atoms with van der Waals surface area (Å²) in [7, 11) is 1.26. The number of carboxylic acids is 1. The topological polar surface area (TPSA) is 127 Å². The summed E-state index contributed by atoms with van der Waals surface area (Å²) < 4.78 is 104. The molecule has 0 saturated carbocycles. The van der Waals surface area contributed by atoms with E-state index in [0.717, 1.165) is 15.5 Å². The van der Waals surface area contributed by atoms with Crippen LogP contribution < -0.4 is 15.8 Å². The molecule has 2 atom stereocenters. The van der Waals surface area contributed by atoms with Gasteiger partial charge in [-0.2, -0.15) is 26.3 Å². The van der Waals surface area contributed by atoms with Gasteiger partial charge >= 0.3 is 18.3 Å². The van der Waals surface area contributed by atoms with Crippen molar-refractivity contribution in [3.05, 3.63) is 87.0 Å². The molecular weight excluding hydrogens is 667 g/mol. The number of aromatic nitrogens is 3. The molecule has 0 bridgehead atoms. The van der Waals surface area contributed by atoms with Gasteiger partial charge in [-0.15, -0.1) is 0 Å². The number of carboxylic acid groups (broad SMARTS) is 1. The standard InChI is InChI=1S/C32H28F7N5O5/c1-15-11-18(44-9-10-49-14-23(44)31(34,35)36)13-21(33)24(15)28(45)42-22(30(47)48)12-17-6-7-20(26-19(17)5-4-8-40-26)25-27(32(37,38)39)41-16(2)43(3)29(25)46/h4-8,11,13,22-23H,9-10,12,14H2,1-3H3,(H,42,45)(H,47,48)/t22-,23+/m0/s1. The highest BCUT2D eigenvalue weighted by Crippen LogP contribution is 2.37. The van der Waals surface area contributed by atoms with E-state index in [1.807, 2.05) is 0 Å². The van der Waals surface area contributed by atoms with Crippen molar-refractivity contribution in [2.24, 2.45) is 7.05 Å². The van der Waals surface area contributed by atoms with Gasteiger partial charge in [0.05, 0.1) is 29.9 Å². The molecule has 10 nitrogen and oxygen atoms in total. The fourth-order valence-corrected chi connectivity index (χ4v) is 5.78. The minimum absolute atomic E-state index is 0.0387. The zero-order chi connectivity index (χ0) is 36.0. The first-order valence-electron chi connectivity index (χ1n) is 14.7. The molecule has 0 aliphatic carbocycles. The Kier molecular flexibility index (Phi) is 9.42. The lowest BCUT2D eigenvalue weighted by Crippen LogP contribution is -2.53. The van der Waals surface area contributed by atoms with Crippen molar-refractivity contribution in [2.75, 3.05) is 24.7 Å². The number of rotatable bonds is 7. The Morgan fingerprint density at radius 2 is 1.84 bits per heavy atom. The average molecular weight is 696 g/mol. The van der Waals surface area contributed by atoms with Gasteiger partial charge in [0.1, 0.15) is 23.7 Å². The number of fused-ring (bicyclic) bond motifs is 1. The number of ether oxygens (including phenoxy) is 1. The Morgan fingerprint density at radius 1 is 1.12 bits per heavy atom. The number of morpholine rings is 1. The van der Waals surface area contributed by atoms with Gasteiger partial charge in [-0.1, -0.05) is 18.2 Å². The molecule has 3 heterocycles. The number of hydrogen-bond acceptors (Lipinski definition) is 7. The number of nitrogens with zero attached hydrogens (tertiary/aromatic N) is 4. The average Bonchev–Trinajstić information content (AvgIpc) is 3.02. The maximum atomic E-state index is 15.4. The Hall–Kier alpha value is -5.06. The van der Waals surface area contributed by atoms with Crippen molar-refractivity contribution in [1.29, 1.82) is 0 Å². The zero-order valence-corrected chi connectivity index (χ0v) is 26.0. The molecule has 49 heavy (non-hydrogen) atoms. The summed E-state index contributed by atoms with van der Waals surface area (Å²) in [5.41, 5.74) is -4.01. The van der Waals surface area contributed by atoms with Crippen LogP contribution in [0.1, 0.15) is 33.0 Å². The van der Waals surface area contributed by atoms with E-state index in [0.29, 0.717) is 0 Å². The molecule has 17 heteroatoms. The van der Waals surface area contributed by atoms with Crippen LogP contribution in [0.25, 0.3) is 22.0 Å². The first kappa shape index (κ1) is 35.3. The monoisotopic (exact) mass is 695 g/mol. The summed E-state index contributed by atoms with van der Waals surface area (Å²) in [5, 5.41) is 12.4. The third kappa shape index (κ3) is 6.93. The first-order chi connectivity index (χ1) is 22.9. The Bertz CT molecular complexity index is 1990. The molecule has 2 aromatic heterocycles. The minimum Gasteiger partial charge on any atom is -0.480 e. The Morgan fingerprint density at radius 3 is 2.47 bits per heavy atom. The highest BCUT2D eigenvalue weighted by Gasteiger charge is 2.46. The van der Waals surface area contributed by atoms with Gasteiger partial charge < -0.3 is 20.1 Å². The van der Waals surface area contributed by atoms with Crippen LogP contribution in [0.4, 0.5) is 36.4 Å². The summed E-state index contributed by atoms with van der Waals surface area (Å²) in [6.45, 7) is 1.64. The van der Waals surface area contributed by atoms with E-state index < -0.39 is 77.5 Å². The molecule has 5 rings (SSSR count). The minimum atomic E-state index is -5.00. The summed E-state index contributed by atoms with van der Waals surface area (Å²) in [6.07, 6.45) is -8.85. The second-order valence-corrected chi connectivity index (χ2v) is 11.4. The molecule has 2 aromatic carbocycles. The number of benzene rings is 2. The van der Waals surface area contributed by atoms with Crippen LogP contribution in [0.2, 0.25) is 0 Å². The quantitative estimate of drug-likeness (QED) is 0.260. The van der Waals surface area contributed by atoms with E-state index in [1.54, 1.807) is 0 Å². The van der Waals surface area contributed by atoms with Gasteiger partial charge in [-0.05, 0) is 43.2 Å². The van der Waals surface area contributed by atoms with Crippen molar-refractivity contribution >= 4 is 28.5 Å². The summed E-state index contributed by atoms with van der Waals surface area (Å²) in [6, 6.07) is 3.57. The van der Waals surface area contributed by atoms with Crippen molar-refractivity contribution in [2.45, 2.75) is 44.7 Å². The molecule has 1 saturated heterocycles. The summed E-state index contributed by atoms with van der Waals surface area (Å²) in [5.74, 6) is -4.06. The lowest BCUT2D eigenvalue weighted by molar-refractivity contribution is -0.167. The van der Waals surface area contributed by atoms with Crippen molar-refractivity contribution in [3.8, 4) is 11.1 Å². The van der Waals surface area contributed by atoms with E-state index in [4.69, 9.17) is 4.74 Å². The highest BCUT2D eigenvalue weighted by atomic mass is 19.4. The second kappa shape index (κ2) is 13.1. The smallest absolute Gasteiger partial charge is 0.434 e. The van der Waals surface area contributed by atoms with E-state index in [9.17, 15) is 45.8 Å². The van der Waals surface area contributed by atoms with Crippen LogP contribution in [-0.4, -0.2) is 69.5 Å². The number of carbonyl (C=O) groups is 2. The maximum absolute atomic E-state index is 15.4. The van der Waals surface area contributed by atoms with Crippen LogP contribution in [0.3, 0.4) is 0 Å². The number of nitrogens with one attached hydrogen (secondary N) is 1. The molecule has 0 unspecified atom stereocenters. The summed E-state index contributed by atoms with van der Waals surface area (Å²) >= 11 is 0. The fourth-order valence-electron chi connectivity index (χ4n) is 5.78. The van der Waals surface area contributed by atoms with Gasteiger partial charge in [0.2, 0.25) is 0 Å². The molecule has 1 fully saturated rings. The van der Waals surface area contributed by atoms with Crippen LogP contribution in [0, 0.1) is 19.7 Å². The van der Waals surface area contributed by atoms with Crippen LogP contribution in [0.15, 0.2) is 47.4 Å². The fraction of sp³-hybridized carbons (Fsp3) is 0.344. The van der Waals surface area contributed by atoms with Gasteiger partial charge in [0.15, 0.2) is 5.69 Å². The number of aliphatic carboxylic acids is 1. The molecule has 260 valence electrons. The number of amides is 1. The molecule has 1 aliphatic heterocycles. The van der Waals surface area contributed by atoms with Crippen molar-refractivity contribution in [1.82, 2.24) is 19.9 Å². The van der Waals surface area contributed by atoms with Crippen LogP contribution in [-0.2, 0) is 29.2 Å². The second-order valence-electron chi connectivity index (χ2n) is 11.4. The number of alkyl halides is 6. The molecule has 0 radical (unpaired) electrons. The first-order valence-corrected chi connectivity index (χ1v) is 14.7. The largest absolute Gasteiger partial charge is 0.480 e. The molecular formula is C32H28F7N5O5. The van der Waals surface area contributed by atoms with Crippen LogP contribution >= 0.6 is 0 Å². The molecule has 4 aromatic rings. The van der Waals surface area contributed by atoms with E-state index >= 15 is 4.39 Å². The lowest BCUT2D eigenvalue weighted by Gasteiger charge is -2.38. The Labute approximate surface area is 273 Å². The summed E-state index contributed by atoms with van der Waals surface area (Å²) in [4.78, 5) is 47.4. The number of carbonyl (C=O) groups excluding carboxylic acids is 1. The SMILES string of the molecule is Cc1cc(N2CCOC[C@@H]2C(F)(F)F)cc(F)c1C(=O)N[C@@H](Cc1ccc(-c2c(C(F)(F)F)nc(C)n(C)c2=O)c2ncccc12)C(=O)O. The highest BCUT2D eigenvalue weighted by molar-refractivity contribution is 5.99. The predicted molar refractivity (Wildman–Crippen MR) is 162 cm³/mol. The number of pyridine rings is 1. The van der Waals surface area contributed by atoms with Gasteiger partial charge in [0.25, 0.3) is 11.5 Å².